The SMILES string of the molecule is C=C(CC(Cc1ccc2c(c1)CC(C(=O)OC)(C(=O)OC)C2)(C(=O)OC)C(=O)OC)[Si](C)(C)c1ccccc1. The fourth-order valence-corrected chi connectivity index (χ4v) is 7.60. The molecular weight excluding hydrogens is 516 g/mol. The van der Waals surface area contributed by atoms with Crippen LogP contribution in [-0.4, -0.2) is 60.4 Å². The van der Waals surface area contributed by atoms with Crippen LogP contribution in [-0.2, 0) is 57.4 Å². The molecule has 208 valence electrons. The molecule has 8 nitrogen and oxygen atoms in total. The molecule has 0 N–H and O–H groups in total. The van der Waals surface area contributed by atoms with Crippen molar-refractivity contribution in [1.29, 1.82) is 0 Å². The molecule has 0 unspecified atom stereocenters. The van der Waals surface area contributed by atoms with Crippen molar-refractivity contribution in [2.75, 3.05) is 28.4 Å². The number of ether oxygens (including phenoxy) is 4. The molecule has 0 spiro atoms. The summed E-state index contributed by atoms with van der Waals surface area (Å²) in [6, 6.07) is 15.3. The first-order valence-corrected chi connectivity index (χ1v) is 15.6. The first-order valence-electron chi connectivity index (χ1n) is 12.6. The number of rotatable bonds is 10. The van der Waals surface area contributed by atoms with Gasteiger partial charge in [-0.1, -0.05) is 72.0 Å². The number of carbonyl (C=O) groups is 4. The molecule has 0 radical (unpaired) electrons. The third kappa shape index (κ3) is 5.41. The fraction of sp³-hybridized carbons (Fsp3) is 0.400. The molecule has 2 aromatic rings. The molecule has 3 rings (SSSR count). The number of hydrogen-bond donors (Lipinski definition) is 0. The Kier molecular flexibility index (Phi) is 8.85. The summed E-state index contributed by atoms with van der Waals surface area (Å²) in [6.45, 7) is 8.59. The predicted octanol–water partition coefficient (Wildman–Crippen LogP) is 3.09. The highest BCUT2D eigenvalue weighted by Gasteiger charge is 2.53. The van der Waals surface area contributed by atoms with E-state index in [1.54, 1.807) is 12.1 Å². The Labute approximate surface area is 230 Å². The fourth-order valence-electron chi connectivity index (χ4n) is 5.42. The van der Waals surface area contributed by atoms with Crippen molar-refractivity contribution in [3.63, 3.8) is 0 Å². The van der Waals surface area contributed by atoms with Crippen LogP contribution < -0.4 is 5.19 Å². The van der Waals surface area contributed by atoms with Crippen LogP contribution in [0, 0.1) is 10.8 Å². The van der Waals surface area contributed by atoms with Gasteiger partial charge in [0.2, 0.25) is 0 Å². The average Bonchev–Trinajstić information content (AvgIpc) is 3.35. The zero-order chi connectivity index (χ0) is 29.0. The smallest absolute Gasteiger partial charge is 0.323 e. The highest BCUT2D eigenvalue weighted by atomic mass is 28.3. The molecule has 0 aromatic heterocycles. The van der Waals surface area contributed by atoms with Crippen LogP contribution in [0.15, 0.2) is 60.3 Å². The van der Waals surface area contributed by atoms with Gasteiger partial charge in [-0.05, 0) is 42.4 Å². The van der Waals surface area contributed by atoms with Crippen LogP contribution in [0.25, 0.3) is 0 Å². The zero-order valence-corrected chi connectivity index (χ0v) is 24.4. The molecule has 39 heavy (non-hydrogen) atoms. The lowest BCUT2D eigenvalue weighted by molar-refractivity contribution is -0.170. The summed E-state index contributed by atoms with van der Waals surface area (Å²) in [5.41, 5.74) is -0.967. The van der Waals surface area contributed by atoms with Crippen LogP contribution in [0.4, 0.5) is 0 Å². The van der Waals surface area contributed by atoms with Crippen molar-refractivity contribution in [2.45, 2.75) is 38.8 Å². The van der Waals surface area contributed by atoms with Crippen molar-refractivity contribution in [2.24, 2.45) is 10.8 Å². The van der Waals surface area contributed by atoms with Crippen LogP contribution in [0.1, 0.15) is 23.1 Å². The minimum Gasteiger partial charge on any atom is -0.468 e. The number of fused-ring (bicyclic) bond motifs is 1. The lowest BCUT2D eigenvalue weighted by Crippen LogP contribution is -2.49. The molecule has 2 aromatic carbocycles. The summed E-state index contributed by atoms with van der Waals surface area (Å²) in [7, 11) is 2.64. The van der Waals surface area contributed by atoms with Gasteiger partial charge >= 0.3 is 23.9 Å². The van der Waals surface area contributed by atoms with E-state index >= 15 is 0 Å². The lowest BCUT2D eigenvalue weighted by Gasteiger charge is -2.34. The van der Waals surface area contributed by atoms with E-state index < -0.39 is 42.8 Å². The molecule has 1 aliphatic rings. The van der Waals surface area contributed by atoms with Gasteiger partial charge in [0.15, 0.2) is 10.8 Å². The standard InChI is InChI=1S/C30H36O8Si/c1-20(39(6,7)24-11-9-8-10-12-24)16-29(25(31)35-2,26(32)36-3)17-21-13-14-22-18-30(27(33)37-4,28(34)38-5)19-23(22)15-21/h8-15H,1,16-19H2,2-7H3. The summed E-state index contributed by atoms with van der Waals surface area (Å²) >= 11 is 0. The molecule has 0 amide bonds. The van der Waals surface area contributed by atoms with E-state index in [1.165, 1.54) is 28.4 Å². The average molecular weight is 553 g/mol. The maximum atomic E-state index is 13.4. The molecule has 0 heterocycles. The molecule has 9 heteroatoms. The van der Waals surface area contributed by atoms with E-state index in [1.807, 2.05) is 36.4 Å². The Morgan fingerprint density at radius 3 is 1.87 bits per heavy atom. The molecule has 1 aliphatic carbocycles. The Balaban J connectivity index is 2.03. The van der Waals surface area contributed by atoms with Crippen molar-refractivity contribution in [3.8, 4) is 0 Å². The molecule has 0 bridgehead atoms. The van der Waals surface area contributed by atoms with Gasteiger partial charge in [-0.3, -0.25) is 19.2 Å². The Hall–Kier alpha value is -3.72. The van der Waals surface area contributed by atoms with E-state index in [4.69, 9.17) is 18.9 Å². The molecule has 0 saturated carbocycles. The van der Waals surface area contributed by atoms with E-state index in [2.05, 4.69) is 19.7 Å². The van der Waals surface area contributed by atoms with Gasteiger partial charge in [0.05, 0.1) is 28.4 Å². The second-order valence-corrected chi connectivity index (χ2v) is 15.1. The van der Waals surface area contributed by atoms with Crippen molar-refractivity contribution in [1.82, 2.24) is 0 Å². The Morgan fingerprint density at radius 2 is 1.36 bits per heavy atom. The highest BCUT2D eigenvalue weighted by molar-refractivity contribution is 6.95. The first-order chi connectivity index (χ1) is 18.4. The van der Waals surface area contributed by atoms with Gasteiger partial charge in [0, 0.05) is 0 Å². The van der Waals surface area contributed by atoms with Crippen LogP contribution >= 0.6 is 0 Å². The van der Waals surface area contributed by atoms with Gasteiger partial charge in [-0.2, -0.15) is 0 Å². The van der Waals surface area contributed by atoms with Crippen LogP contribution in [0.5, 0.6) is 0 Å². The van der Waals surface area contributed by atoms with Crippen LogP contribution in [0.3, 0.4) is 0 Å². The normalized spacial score (nSPS) is 14.1. The largest absolute Gasteiger partial charge is 0.468 e. The quantitative estimate of drug-likeness (QED) is 0.192. The minimum absolute atomic E-state index is 0.0125. The summed E-state index contributed by atoms with van der Waals surface area (Å²) < 4.78 is 20.2. The number of allylic oxidation sites excluding steroid dienone is 1. The Bertz CT molecular complexity index is 1250. The second-order valence-electron chi connectivity index (χ2n) is 10.5. The molecular formula is C30H36O8Si. The van der Waals surface area contributed by atoms with Crippen molar-refractivity contribution >= 4 is 37.1 Å². The number of esters is 4. The third-order valence-electron chi connectivity index (χ3n) is 7.96. The maximum absolute atomic E-state index is 13.4. The van der Waals surface area contributed by atoms with Crippen molar-refractivity contribution in [3.05, 3.63) is 77.0 Å². The summed E-state index contributed by atoms with van der Waals surface area (Å²) in [5, 5.41) is 1.92. The van der Waals surface area contributed by atoms with E-state index in [0.717, 1.165) is 21.5 Å². The maximum Gasteiger partial charge on any atom is 0.323 e. The summed E-state index contributed by atoms with van der Waals surface area (Å²) in [4.78, 5) is 52.0. The van der Waals surface area contributed by atoms with Gasteiger partial charge < -0.3 is 18.9 Å². The number of carbonyl (C=O) groups excluding carboxylic acids is 4. The first kappa shape index (κ1) is 29.8. The highest BCUT2D eigenvalue weighted by Crippen LogP contribution is 2.42. The topological polar surface area (TPSA) is 105 Å². The van der Waals surface area contributed by atoms with Gasteiger partial charge in [-0.15, -0.1) is 6.58 Å². The van der Waals surface area contributed by atoms with Gasteiger partial charge in [-0.25, -0.2) is 0 Å². The third-order valence-corrected chi connectivity index (χ3v) is 11.7. The second kappa shape index (κ2) is 11.6. The molecule has 0 atom stereocenters. The lowest BCUT2D eigenvalue weighted by atomic mass is 9.78. The number of benzene rings is 2. The Morgan fingerprint density at radius 1 is 0.821 bits per heavy atom. The van der Waals surface area contributed by atoms with E-state index in [0.29, 0.717) is 5.56 Å². The predicted molar refractivity (Wildman–Crippen MR) is 148 cm³/mol. The number of methoxy groups -OCH3 is 4. The molecule has 0 aliphatic heterocycles. The van der Waals surface area contributed by atoms with Crippen molar-refractivity contribution < 1.29 is 38.1 Å². The molecule has 0 saturated heterocycles. The van der Waals surface area contributed by atoms with Crippen LogP contribution in [0.2, 0.25) is 13.1 Å². The summed E-state index contributed by atoms with van der Waals surface area (Å²) in [5.74, 6) is -2.77. The van der Waals surface area contributed by atoms with Gasteiger partial charge in [0.25, 0.3) is 0 Å². The van der Waals surface area contributed by atoms with E-state index in [9.17, 15) is 19.2 Å². The monoisotopic (exact) mass is 552 g/mol. The van der Waals surface area contributed by atoms with Gasteiger partial charge in [0.1, 0.15) is 8.07 Å². The van der Waals surface area contributed by atoms with E-state index in [-0.39, 0.29) is 25.7 Å². The number of hydrogen-bond acceptors (Lipinski definition) is 8. The summed E-state index contributed by atoms with van der Waals surface area (Å²) in [6.07, 6.45) is 0.252. The minimum atomic E-state index is -2.31. The molecule has 0 fully saturated rings. The zero-order valence-electron chi connectivity index (χ0n) is 23.4.